The fraction of sp³-hybridized carbons (Fsp3) is 0.471. The first kappa shape index (κ1) is 15.5. The number of rotatable bonds is 4. The van der Waals surface area contributed by atoms with E-state index < -0.39 is 0 Å². The van der Waals surface area contributed by atoms with Gasteiger partial charge in [0.2, 0.25) is 11.8 Å². The van der Waals surface area contributed by atoms with E-state index in [-0.39, 0.29) is 12.0 Å². The highest BCUT2D eigenvalue weighted by Crippen LogP contribution is 2.35. The minimum atomic E-state index is 0.0498. The van der Waals surface area contributed by atoms with Gasteiger partial charge in [0.1, 0.15) is 0 Å². The van der Waals surface area contributed by atoms with E-state index in [9.17, 15) is 4.79 Å². The SMILES string of the molecule is Cc1noc(C[C@@H]2CO[C@@H]3CN(C(=O)/C=C/c4cccs4)C[C@H]23)n1. The number of nitrogens with zero attached hydrogens (tertiary/aromatic N) is 3. The normalized spacial score (nSPS) is 26.4. The molecule has 0 unspecified atom stereocenters. The van der Waals surface area contributed by atoms with Crippen LogP contribution in [-0.2, 0) is 16.0 Å². The molecule has 2 aliphatic heterocycles. The van der Waals surface area contributed by atoms with E-state index in [1.54, 1.807) is 17.4 Å². The Balaban J connectivity index is 1.37. The van der Waals surface area contributed by atoms with Crippen LogP contribution in [0.2, 0.25) is 0 Å². The molecule has 0 N–H and O–H groups in total. The summed E-state index contributed by atoms with van der Waals surface area (Å²) < 4.78 is 11.1. The molecule has 6 nitrogen and oxygen atoms in total. The summed E-state index contributed by atoms with van der Waals surface area (Å²) in [6.45, 7) is 3.91. The third-order valence-corrected chi connectivity index (χ3v) is 5.53. The van der Waals surface area contributed by atoms with Gasteiger partial charge in [-0.25, -0.2) is 0 Å². The Labute approximate surface area is 144 Å². The number of hydrogen-bond donors (Lipinski definition) is 0. The molecule has 3 atom stereocenters. The van der Waals surface area contributed by atoms with Crippen molar-refractivity contribution in [3.8, 4) is 0 Å². The minimum Gasteiger partial charge on any atom is -0.376 e. The zero-order valence-corrected chi connectivity index (χ0v) is 14.2. The number of carbonyl (C=O) groups is 1. The zero-order chi connectivity index (χ0) is 16.5. The van der Waals surface area contributed by atoms with E-state index in [4.69, 9.17) is 9.26 Å². The van der Waals surface area contributed by atoms with Crippen LogP contribution >= 0.6 is 11.3 Å². The summed E-state index contributed by atoms with van der Waals surface area (Å²) >= 11 is 1.62. The van der Waals surface area contributed by atoms with Crippen molar-refractivity contribution in [1.82, 2.24) is 15.0 Å². The molecular weight excluding hydrogens is 326 g/mol. The van der Waals surface area contributed by atoms with E-state index in [1.807, 2.05) is 35.4 Å². The van der Waals surface area contributed by atoms with Gasteiger partial charge >= 0.3 is 0 Å². The van der Waals surface area contributed by atoms with Crippen LogP contribution in [0.15, 0.2) is 28.1 Å². The average molecular weight is 345 g/mol. The van der Waals surface area contributed by atoms with Gasteiger partial charge in [-0.2, -0.15) is 4.98 Å². The largest absolute Gasteiger partial charge is 0.376 e. The number of amides is 1. The average Bonchev–Trinajstić information content (AvgIpc) is 3.31. The Morgan fingerprint density at radius 3 is 3.17 bits per heavy atom. The predicted octanol–water partition coefficient (Wildman–Crippen LogP) is 2.17. The number of fused-ring (bicyclic) bond motifs is 1. The quantitative estimate of drug-likeness (QED) is 0.795. The third-order valence-electron chi connectivity index (χ3n) is 4.69. The molecule has 0 aliphatic carbocycles. The van der Waals surface area contributed by atoms with E-state index in [0.717, 1.165) is 17.8 Å². The molecular formula is C17H19N3O3S. The molecule has 4 heterocycles. The van der Waals surface area contributed by atoms with Gasteiger partial charge in [0.25, 0.3) is 0 Å². The van der Waals surface area contributed by atoms with Gasteiger partial charge in [-0.05, 0) is 30.4 Å². The highest BCUT2D eigenvalue weighted by Gasteiger charge is 2.45. The van der Waals surface area contributed by atoms with Gasteiger partial charge in [-0.1, -0.05) is 11.2 Å². The summed E-state index contributed by atoms with van der Waals surface area (Å²) in [6, 6.07) is 3.98. The van der Waals surface area contributed by atoms with Crippen molar-refractivity contribution in [1.29, 1.82) is 0 Å². The number of ether oxygens (including phenoxy) is 1. The Bertz CT molecular complexity index is 740. The molecule has 2 aromatic rings. The summed E-state index contributed by atoms with van der Waals surface area (Å²) in [5.41, 5.74) is 0. The molecule has 0 aromatic carbocycles. The maximum absolute atomic E-state index is 12.4. The van der Waals surface area contributed by atoms with Crippen LogP contribution in [0.5, 0.6) is 0 Å². The van der Waals surface area contributed by atoms with Crippen LogP contribution in [0.1, 0.15) is 16.6 Å². The molecule has 24 heavy (non-hydrogen) atoms. The van der Waals surface area contributed by atoms with Gasteiger partial charge in [0, 0.05) is 36.4 Å². The molecule has 0 bridgehead atoms. The molecule has 0 spiro atoms. The zero-order valence-electron chi connectivity index (χ0n) is 13.4. The topological polar surface area (TPSA) is 68.5 Å². The molecule has 2 aromatic heterocycles. The molecule has 1 amide bonds. The van der Waals surface area contributed by atoms with E-state index >= 15 is 0 Å². The molecule has 2 saturated heterocycles. The van der Waals surface area contributed by atoms with Gasteiger partial charge in [0.15, 0.2) is 5.82 Å². The van der Waals surface area contributed by atoms with E-state index in [2.05, 4.69) is 10.1 Å². The Hall–Kier alpha value is -1.99. The highest BCUT2D eigenvalue weighted by molar-refractivity contribution is 7.10. The summed E-state index contributed by atoms with van der Waals surface area (Å²) in [4.78, 5) is 19.6. The standard InChI is InChI=1S/C17H19N3O3S/c1-11-18-16(23-19-11)7-12-10-22-15-9-20(8-14(12)15)17(21)5-4-13-3-2-6-24-13/h2-6,12,14-15H,7-10H2,1H3/b5-4+/t12-,14-,15-/m1/s1. The molecule has 2 aliphatic rings. The van der Waals surface area contributed by atoms with Crippen molar-refractivity contribution < 1.29 is 14.1 Å². The van der Waals surface area contributed by atoms with Crippen LogP contribution in [0.3, 0.4) is 0 Å². The second-order valence-electron chi connectivity index (χ2n) is 6.33. The van der Waals surface area contributed by atoms with Crippen molar-refractivity contribution in [2.45, 2.75) is 19.4 Å². The van der Waals surface area contributed by atoms with Crippen molar-refractivity contribution in [3.05, 3.63) is 40.2 Å². The molecule has 0 saturated carbocycles. The lowest BCUT2D eigenvalue weighted by Crippen LogP contribution is -2.30. The first-order chi connectivity index (χ1) is 11.7. The summed E-state index contributed by atoms with van der Waals surface area (Å²) in [5, 5.41) is 5.84. The van der Waals surface area contributed by atoms with Crippen molar-refractivity contribution >= 4 is 23.3 Å². The number of carbonyl (C=O) groups excluding carboxylic acids is 1. The van der Waals surface area contributed by atoms with Gasteiger partial charge < -0.3 is 14.2 Å². The number of hydrogen-bond acceptors (Lipinski definition) is 6. The summed E-state index contributed by atoms with van der Waals surface area (Å²) in [5.74, 6) is 2.03. The second kappa shape index (κ2) is 6.49. The summed E-state index contributed by atoms with van der Waals surface area (Å²) in [7, 11) is 0. The minimum absolute atomic E-state index is 0.0498. The maximum atomic E-state index is 12.4. The fourth-order valence-corrected chi connectivity index (χ4v) is 4.10. The van der Waals surface area contributed by atoms with Gasteiger partial charge in [-0.3, -0.25) is 4.79 Å². The second-order valence-corrected chi connectivity index (χ2v) is 7.31. The lowest BCUT2D eigenvalue weighted by molar-refractivity contribution is -0.125. The molecule has 2 fully saturated rings. The van der Waals surface area contributed by atoms with E-state index in [0.29, 0.717) is 36.7 Å². The smallest absolute Gasteiger partial charge is 0.246 e. The Morgan fingerprint density at radius 2 is 2.42 bits per heavy atom. The number of thiophene rings is 1. The van der Waals surface area contributed by atoms with Gasteiger partial charge in [-0.15, -0.1) is 11.3 Å². The van der Waals surface area contributed by atoms with Crippen LogP contribution in [-0.4, -0.2) is 46.7 Å². The Kier molecular flexibility index (Phi) is 4.20. The highest BCUT2D eigenvalue weighted by atomic mass is 32.1. The fourth-order valence-electron chi connectivity index (χ4n) is 3.48. The molecule has 0 radical (unpaired) electrons. The van der Waals surface area contributed by atoms with Crippen LogP contribution in [0.4, 0.5) is 0 Å². The lowest BCUT2D eigenvalue weighted by atomic mass is 9.90. The van der Waals surface area contributed by atoms with Crippen molar-refractivity contribution in [3.63, 3.8) is 0 Å². The monoisotopic (exact) mass is 345 g/mol. The number of aryl methyl sites for hydroxylation is 1. The maximum Gasteiger partial charge on any atom is 0.246 e. The first-order valence-electron chi connectivity index (χ1n) is 8.10. The Morgan fingerprint density at radius 1 is 1.50 bits per heavy atom. The number of aromatic nitrogens is 2. The van der Waals surface area contributed by atoms with Crippen LogP contribution in [0, 0.1) is 18.8 Å². The van der Waals surface area contributed by atoms with Crippen LogP contribution in [0.25, 0.3) is 6.08 Å². The number of likely N-dealkylation sites (tertiary alicyclic amines) is 1. The van der Waals surface area contributed by atoms with Crippen molar-refractivity contribution in [2.24, 2.45) is 11.8 Å². The lowest BCUT2D eigenvalue weighted by Gasteiger charge is -2.17. The third kappa shape index (κ3) is 3.14. The van der Waals surface area contributed by atoms with E-state index in [1.165, 1.54) is 0 Å². The predicted molar refractivity (Wildman–Crippen MR) is 89.4 cm³/mol. The van der Waals surface area contributed by atoms with Crippen molar-refractivity contribution in [2.75, 3.05) is 19.7 Å². The molecule has 7 heteroatoms. The van der Waals surface area contributed by atoms with Gasteiger partial charge in [0.05, 0.1) is 12.7 Å². The summed E-state index contributed by atoms with van der Waals surface area (Å²) in [6.07, 6.45) is 4.37. The first-order valence-corrected chi connectivity index (χ1v) is 8.98. The van der Waals surface area contributed by atoms with Crippen LogP contribution < -0.4 is 0 Å². The molecule has 126 valence electrons. The molecule has 4 rings (SSSR count).